The number of amides is 1. The summed E-state index contributed by atoms with van der Waals surface area (Å²) in [6, 6.07) is 0. The minimum Gasteiger partial charge on any atom is -0.480 e. The number of aliphatic carboxylic acids is 1. The topological polar surface area (TPSA) is 84.2 Å². The molecule has 0 atom stereocenters. The fourth-order valence-corrected chi connectivity index (χ4v) is 1.64. The highest BCUT2D eigenvalue weighted by Gasteiger charge is 2.19. The molecule has 0 saturated heterocycles. The normalized spacial score (nSPS) is 10.2. The number of halogens is 1. The SMILES string of the molecule is CCn1nc(C)c(C(=O)NCC(=O)O)c1Cl. The molecule has 0 radical (unpaired) electrons. The van der Waals surface area contributed by atoms with Crippen molar-refractivity contribution >= 4 is 23.5 Å². The van der Waals surface area contributed by atoms with Crippen LogP contribution in [0.5, 0.6) is 0 Å². The Hall–Kier alpha value is -1.56. The maximum atomic E-state index is 11.6. The first kappa shape index (κ1) is 12.5. The maximum Gasteiger partial charge on any atom is 0.322 e. The van der Waals surface area contributed by atoms with Gasteiger partial charge >= 0.3 is 5.97 Å². The van der Waals surface area contributed by atoms with Crippen molar-refractivity contribution in [3.8, 4) is 0 Å². The fourth-order valence-electron chi connectivity index (χ4n) is 1.27. The Labute approximate surface area is 97.2 Å². The number of aryl methyl sites for hydroxylation is 2. The monoisotopic (exact) mass is 245 g/mol. The van der Waals surface area contributed by atoms with E-state index in [-0.39, 0.29) is 10.7 Å². The van der Waals surface area contributed by atoms with Crippen molar-refractivity contribution in [1.82, 2.24) is 15.1 Å². The van der Waals surface area contributed by atoms with Gasteiger partial charge in [-0.2, -0.15) is 5.10 Å². The Bertz CT molecular complexity index is 428. The van der Waals surface area contributed by atoms with Crippen molar-refractivity contribution < 1.29 is 14.7 Å². The van der Waals surface area contributed by atoms with Gasteiger partial charge in [0.2, 0.25) is 0 Å². The number of carbonyl (C=O) groups excluding carboxylic acids is 1. The number of carbonyl (C=O) groups is 2. The molecule has 1 aromatic heterocycles. The molecular weight excluding hydrogens is 234 g/mol. The number of nitrogens with one attached hydrogen (secondary N) is 1. The van der Waals surface area contributed by atoms with Gasteiger partial charge in [-0.15, -0.1) is 0 Å². The first-order valence-corrected chi connectivity index (χ1v) is 5.08. The second-order valence-corrected chi connectivity index (χ2v) is 3.50. The van der Waals surface area contributed by atoms with Gasteiger partial charge in [-0.1, -0.05) is 11.6 Å². The van der Waals surface area contributed by atoms with Crippen molar-refractivity contribution in [3.05, 3.63) is 16.4 Å². The van der Waals surface area contributed by atoms with E-state index in [9.17, 15) is 9.59 Å². The molecule has 0 aliphatic heterocycles. The first-order valence-electron chi connectivity index (χ1n) is 4.70. The van der Waals surface area contributed by atoms with Gasteiger partial charge in [-0.3, -0.25) is 14.3 Å². The van der Waals surface area contributed by atoms with Crippen molar-refractivity contribution in [1.29, 1.82) is 0 Å². The number of hydrogen-bond donors (Lipinski definition) is 2. The van der Waals surface area contributed by atoms with E-state index in [0.29, 0.717) is 12.2 Å². The molecule has 1 aromatic rings. The largest absolute Gasteiger partial charge is 0.480 e. The minimum absolute atomic E-state index is 0.225. The van der Waals surface area contributed by atoms with E-state index in [4.69, 9.17) is 16.7 Å². The average molecular weight is 246 g/mol. The molecule has 0 aromatic carbocycles. The van der Waals surface area contributed by atoms with Crippen LogP contribution < -0.4 is 5.32 Å². The van der Waals surface area contributed by atoms with Gasteiger partial charge < -0.3 is 10.4 Å². The summed E-state index contributed by atoms with van der Waals surface area (Å²) in [5.74, 6) is -1.63. The van der Waals surface area contributed by atoms with Crippen molar-refractivity contribution in [2.75, 3.05) is 6.54 Å². The standard InChI is InChI=1S/C9H12ClN3O3/c1-3-13-8(10)7(5(2)12-13)9(16)11-4-6(14)15/h3-4H2,1-2H3,(H,11,16)(H,14,15). The molecule has 0 fully saturated rings. The van der Waals surface area contributed by atoms with E-state index >= 15 is 0 Å². The summed E-state index contributed by atoms with van der Waals surface area (Å²) in [6.07, 6.45) is 0. The van der Waals surface area contributed by atoms with Crippen LogP contribution >= 0.6 is 11.6 Å². The van der Waals surface area contributed by atoms with E-state index in [1.807, 2.05) is 6.92 Å². The number of nitrogens with zero attached hydrogens (tertiary/aromatic N) is 2. The molecule has 0 aliphatic rings. The van der Waals surface area contributed by atoms with Gasteiger partial charge in [-0.25, -0.2) is 0 Å². The van der Waals surface area contributed by atoms with Gasteiger partial charge in [0.05, 0.1) is 11.3 Å². The highest BCUT2D eigenvalue weighted by Crippen LogP contribution is 2.19. The van der Waals surface area contributed by atoms with Crippen LogP contribution in [0.3, 0.4) is 0 Å². The molecule has 0 unspecified atom stereocenters. The van der Waals surface area contributed by atoms with E-state index in [1.54, 1.807) is 6.92 Å². The average Bonchev–Trinajstić information content (AvgIpc) is 2.50. The van der Waals surface area contributed by atoms with Crippen LogP contribution in [0.15, 0.2) is 0 Å². The highest BCUT2D eigenvalue weighted by atomic mass is 35.5. The lowest BCUT2D eigenvalue weighted by Gasteiger charge is -2.01. The van der Waals surface area contributed by atoms with Gasteiger partial charge in [-0.05, 0) is 13.8 Å². The Balaban J connectivity index is 2.90. The lowest BCUT2D eigenvalue weighted by atomic mass is 10.2. The zero-order valence-electron chi connectivity index (χ0n) is 8.95. The Morgan fingerprint density at radius 1 is 1.56 bits per heavy atom. The second kappa shape index (κ2) is 4.98. The summed E-state index contributed by atoms with van der Waals surface area (Å²) >= 11 is 5.93. The molecule has 1 rings (SSSR count). The van der Waals surface area contributed by atoms with E-state index in [1.165, 1.54) is 4.68 Å². The van der Waals surface area contributed by atoms with Crippen LogP contribution in [-0.4, -0.2) is 33.3 Å². The molecular formula is C9H12ClN3O3. The maximum absolute atomic E-state index is 11.6. The third kappa shape index (κ3) is 2.52. The second-order valence-electron chi connectivity index (χ2n) is 3.14. The predicted octanol–water partition coefficient (Wildman–Crippen LogP) is 0.679. The molecule has 0 bridgehead atoms. The highest BCUT2D eigenvalue weighted by molar-refractivity contribution is 6.33. The third-order valence-corrected chi connectivity index (χ3v) is 2.38. The van der Waals surface area contributed by atoms with Crippen LogP contribution in [0.2, 0.25) is 5.15 Å². The number of carboxylic acids is 1. The Morgan fingerprint density at radius 3 is 2.62 bits per heavy atom. The lowest BCUT2D eigenvalue weighted by Crippen LogP contribution is -2.29. The number of hydrogen-bond acceptors (Lipinski definition) is 3. The molecule has 2 N–H and O–H groups in total. The molecule has 6 nitrogen and oxygen atoms in total. The third-order valence-electron chi connectivity index (χ3n) is 1.99. The molecule has 0 aliphatic carbocycles. The lowest BCUT2D eigenvalue weighted by molar-refractivity contribution is -0.135. The first-order chi connectivity index (χ1) is 7.47. The summed E-state index contributed by atoms with van der Waals surface area (Å²) in [5, 5.41) is 15.0. The van der Waals surface area contributed by atoms with Crippen molar-refractivity contribution in [2.24, 2.45) is 0 Å². The molecule has 1 amide bonds. The molecule has 16 heavy (non-hydrogen) atoms. The summed E-state index contributed by atoms with van der Waals surface area (Å²) < 4.78 is 1.48. The molecule has 88 valence electrons. The smallest absolute Gasteiger partial charge is 0.322 e. The van der Waals surface area contributed by atoms with Crippen LogP contribution in [0.1, 0.15) is 23.0 Å². The Morgan fingerprint density at radius 2 is 2.19 bits per heavy atom. The molecule has 1 heterocycles. The summed E-state index contributed by atoms with van der Waals surface area (Å²) in [4.78, 5) is 21.9. The van der Waals surface area contributed by atoms with Crippen LogP contribution in [0.4, 0.5) is 0 Å². The van der Waals surface area contributed by atoms with Crippen LogP contribution in [0.25, 0.3) is 0 Å². The molecule has 0 spiro atoms. The molecule has 7 heteroatoms. The zero-order chi connectivity index (χ0) is 12.3. The summed E-state index contributed by atoms with van der Waals surface area (Å²) in [5.41, 5.74) is 0.708. The summed E-state index contributed by atoms with van der Waals surface area (Å²) in [6.45, 7) is 3.60. The van der Waals surface area contributed by atoms with E-state index in [0.717, 1.165) is 0 Å². The van der Waals surface area contributed by atoms with Gasteiger partial charge in [0.1, 0.15) is 11.7 Å². The predicted molar refractivity (Wildman–Crippen MR) is 57.6 cm³/mol. The van der Waals surface area contributed by atoms with Crippen molar-refractivity contribution in [3.63, 3.8) is 0 Å². The van der Waals surface area contributed by atoms with E-state index in [2.05, 4.69) is 10.4 Å². The van der Waals surface area contributed by atoms with E-state index < -0.39 is 18.4 Å². The van der Waals surface area contributed by atoms with Crippen LogP contribution in [-0.2, 0) is 11.3 Å². The fraction of sp³-hybridized carbons (Fsp3) is 0.444. The minimum atomic E-state index is -1.11. The van der Waals surface area contributed by atoms with Gasteiger partial charge in [0.15, 0.2) is 0 Å². The van der Waals surface area contributed by atoms with Crippen molar-refractivity contribution in [2.45, 2.75) is 20.4 Å². The quantitative estimate of drug-likeness (QED) is 0.817. The molecule has 0 saturated carbocycles. The zero-order valence-corrected chi connectivity index (χ0v) is 9.71. The van der Waals surface area contributed by atoms with Gasteiger partial charge in [0, 0.05) is 6.54 Å². The van der Waals surface area contributed by atoms with Gasteiger partial charge in [0.25, 0.3) is 5.91 Å². The number of aromatic nitrogens is 2. The Kier molecular flexibility index (Phi) is 3.89. The number of carboxylic acid groups (broad SMARTS) is 1. The number of rotatable bonds is 4. The summed E-state index contributed by atoms with van der Waals surface area (Å²) in [7, 11) is 0. The van der Waals surface area contributed by atoms with Crippen LogP contribution in [0, 0.1) is 6.92 Å².